The van der Waals surface area contributed by atoms with Gasteiger partial charge in [0.25, 0.3) is 0 Å². The van der Waals surface area contributed by atoms with Gasteiger partial charge in [0.05, 0.1) is 0 Å². The molecule has 0 aromatic heterocycles. The molecule has 0 saturated carbocycles. The van der Waals surface area contributed by atoms with Crippen molar-refractivity contribution < 1.29 is 9.90 Å². The summed E-state index contributed by atoms with van der Waals surface area (Å²) in [6, 6.07) is 0. The number of hydrogen-bond donors (Lipinski definition) is 1. The Labute approximate surface area is 112 Å². The van der Waals surface area contributed by atoms with Gasteiger partial charge in [0.1, 0.15) is 0 Å². The van der Waals surface area contributed by atoms with Crippen molar-refractivity contribution in [2.75, 3.05) is 19.6 Å². The number of piperidine rings is 1. The van der Waals surface area contributed by atoms with Gasteiger partial charge in [-0.25, -0.2) is 0 Å². The first-order chi connectivity index (χ1) is 8.39. The van der Waals surface area contributed by atoms with Crippen LogP contribution in [0.25, 0.3) is 0 Å². The zero-order chi connectivity index (χ0) is 13.6. The number of carboxylic acid groups (broad SMARTS) is 1. The summed E-state index contributed by atoms with van der Waals surface area (Å²) in [6.07, 6.45) is 6.29. The number of rotatable bonds is 6. The second-order valence-electron chi connectivity index (χ2n) is 6.69. The molecule has 0 aromatic carbocycles. The molecule has 3 heteroatoms. The number of carbonyl (C=O) groups is 1. The highest BCUT2D eigenvalue weighted by Crippen LogP contribution is 2.32. The van der Waals surface area contributed by atoms with Crippen molar-refractivity contribution in [1.82, 2.24) is 4.90 Å². The Morgan fingerprint density at radius 2 is 1.78 bits per heavy atom. The van der Waals surface area contributed by atoms with Crippen LogP contribution >= 0.6 is 0 Å². The van der Waals surface area contributed by atoms with Crippen molar-refractivity contribution in [2.45, 2.75) is 59.3 Å². The molecule has 18 heavy (non-hydrogen) atoms. The van der Waals surface area contributed by atoms with Crippen LogP contribution in [0, 0.1) is 11.3 Å². The van der Waals surface area contributed by atoms with Gasteiger partial charge in [0.2, 0.25) is 0 Å². The van der Waals surface area contributed by atoms with E-state index in [1.807, 2.05) is 0 Å². The van der Waals surface area contributed by atoms with Crippen molar-refractivity contribution in [3.05, 3.63) is 0 Å². The predicted octanol–water partition coefficient (Wildman–Crippen LogP) is 3.39. The number of aliphatic carboxylic acids is 1. The molecule has 1 unspecified atom stereocenters. The average molecular weight is 255 g/mol. The standard InChI is InChI=1S/C15H29NO2/c1-15(2,3)13(7-8-14(17)18)9-12-16-10-5-4-6-11-16/h13H,4-12H2,1-3H3,(H,17,18). The van der Waals surface area contributed by atoms with Crippen LogP contribution in [-0.2, 0) is 4.79 Å². The minimum absolute atomic E-state index is 0.214. The summed E-state index contributed by atoms with van der Waals surface area (Å²) in [5.41, 5.74) is 0.214. The molecule has 0 spiro atoms. The Morgan fingerprint density at radius 3 is 2.28 bits per heavy atom. The Kier molecular flexibility index (Phi) is 6.13. The molecule has 1 atom stereocenters. The molecule has 1 fully saturated rings. The average Bonchev–Trinajstić information content (AvgIpc) is 2.28. The van der Waals surface area contributed by atoms with Crippen LogP contribution < -0.4 is 0 Å². The van der Waals surface area contributed by atoms with Crippen molar-refractivity contribution in [3.8, 4) is 0 Å². The first kappa shape index (κ1) is 15.5. The highest BCUT2D eigenvalue weighted by Gasteiger charge is 2.25. The molecule has 3 nitrogen and oxygen atoms in total. The number of nitrogens with zero attached hydrogens (tertiary/aromatic N) is 1. The lowest BCUT2D eigenvalue weighted by molar-refractivity contribution is -0.137. The van der Waals surface area contributed by atoms with E-state index in [0.717, 1.165) is 19.4 Å². The van der Waals surface area contributed by atoms with Crippen molar-refractivity contribution >= 4 is 5.97 Å². The largest absolute Gasteiger partial charge is 0.481 e. The zero-order valence-electron chi connectivity index (χ0n) is 12.2. The van der Waals surface area contributed by atoms with Crippen molar-refractivity contribution in [1.29, 1.82) is 0 Å². The molecule has 0 amide bonds. The van der Waals surface area contributed by atoms with Gasteiger partial charge >= 0.3 is 5.97 Å². The minimum Gasteiger partial charge on any atom is -0.481 e. The maximum absolute atomic E-state index is 10.7. The molecular weight excluding hydrogens is 226 g/mol. The smallest absolute Gasteiger partial charge is 0.303 e. The molecule has 106 valence electrons. The second kappa shape index (κ2) is 7.13. The predicted molar refractivity (Wildman–Crippen MR) is 74.7 cm³/mol. The summed E-state index contributed by atoms with van der Waals surface area (Å²) >= 11 is 0. The topological polar surface area (TPSA) is 40.5 Å². The van der Waals surface area contributed by atoms with Gasteiger partial charge in [0.15, 0.2) is 0 Å². The maximum atomic E-state index is 10.7. The first-order valence-electron chi connectivity index (χ1n) is 7.34. The van der Waals surface area contributed by atoms with Gasteiger partial charge in [-0.3, -0.25) is 4.79 Å². The van der Waals surface area contributed by atoms with Gasteiger partial charge < -0.3 is 10.0 Å². The lowest BCUT2D eigenvalue weighted by Crippen LogP contribution is -2.33. The summed E-state index contributed by atoms with van der Waals surface area (Å²) in [7, 11) is 0. The number of carboxylic acids is 1. The van der Waals surface area contributed by atoms with Gasteiger partial charge in [-0.05, 0) is 56.7 Å². The Bertz CT molecular complexity index is 252. The molecule has 1 aliphatic rings. The summed E-state index contributed by atoms with van der Waals surface area (Å²) < 4.78 is 0. The van der Waals surface area contributed by atoms with E-state index in [1.165, 1.54) is 32.4 Å². The molecule has 1 aliphatic heterocycles. The third kappa shape index (κ3) is 5.85. The third-order valence-electron chi connectivity index (χ3n) is 4.17. The second-order valence-corrected chi connectivity index (χ2v) is 6.69. The van der Waals surface area contributed by atoms with E-state index < -0.39 is 5.97 Å². The van der Waals surface area contributed by atoms with E-state index in [-0.39, 0.29) is 5.41 Å². The monoisotopic (exact) mass is 255 g/mol. The Hall–Kier alpha value is -0.570. The molecule has 0 aliphatic carbocycles. The van der Waals surface area contributed by atoms with Crippen molar-refractivity contribution in [2.24, 2.45) is 11.3 Å². The lowest BCUT2D eigenvalue weighted by atomic mass is 9.76. The Morgan fingerprint density at radius 1 is 1.17 bits per heavy atom. The molecule has 1 N–H and O–H groups in total. The highest BCUT2D eigenvalue weighted by atomic mass is 16.4. The van der Waals surface area contributed by atoms with E-state index in [1.54, 1.807) is 0 Å². The number of hydrogen-bond acceptors (Lipinski definition) is 2. The summed E-state index contributed by atoms with van der Waals surface area (Å²) in [6.45, 7) is 10.3. The molecule has 1 heterocycles. The molecule has 0 bridgehead atoms. The van der Waals surface area contributed by atoms with E-state index in [0.29, 0.717) is 12.3 Å². The maximum Gasteiger partial charge on any atom is 0.303 e. The van der Waals surface area contributed by atoms with Crippen LogP contribution in [-0.4, -0.2) is 35.6 Å². The van der Waals surface area contributed by atoms with Gasteiger partial charge in [-0.1, -0.05) is 27.2 Å². The molecule has 0 aromatic rings. The van der Waals surface area contributed by atoms with E-state index in [4.69, 9.17) is 5.11 Å². The van der Waals surface area contributed by atoms with Gasteiger partial charge in [-0.15, -0.1) is 0 Å². The van der Waals surface area contributed by atoms with Crippen LogP contribution in [0.5, 0.6) is 0 Å². The van der Waals surface area contributed by atoms with Crippen molar-refractivity contribution in [3.63, 3.8) is 0 Å². The summed E-state index contributed by atoms with van der Waals surface area (Å²) in [4.78, 5) is 13.3. The fourth-order valence-corrected chi connectivity index (χ4v) is 2.83. The van der Waals surface area contributed by atoms with Gasteiger partial charge in [-0.2, -0.15) is 0 Å². The molecule has 1 rings (SSSR count). The molecule has 0 radical (unpaired) electrons. The van der Waals surface area contributed by atoms with E-state index in [9.17, 15) is 4.79 Å². The Balaban J connectivity index is 2.37. The normalized spacial score (nSPS) is 19.7. The number of likely N-dealkylation sites (tertiary alicyclic amines) is 1. The molecular formula is C15H29NO2. The zero-order valence-corrected chi connectivity index (χ0v) is 12.2. The quantitative estimate of drug-likeness (QED) is 0.791. The van der Waals surface area contributed by atoms with Crippen LogP contribution in [0.3, 0.4) is 0 Å². The van der Waals surface area contributed by atoms with Crippen LogP contribution in [0.15, 0.2) is 0 Å². The molecule has 1 saturated heterocycles. The fraction of sp³-hybridized carbons (Fsp3) is 0.933. The van der Waals surface area contributed by atoms with Crippen LogP contribution in [0.2, 0.25) is 0 Å². The highest BCUT2D eigenvalue weighted by molar-refractivity contribution is 5.66. The third-order valence-corrected chi connectivity index (χ3v) is 4.17. The van der Waals surface area contributed by atoms with Gasteiger partial charge in [0, 0.05) is 6.42 Å². The first-order valence-corrected chi connectivity index (χ1v) is 7.34. The minimum atomic E-state index is -0.665. The summed E-state index contributed by atoms with van der Waals surface area (Å²) in [5, 5.41) is 8.83. The van der Waals surface area contributed by atoms with E-state index >= 15 is 0 Å². The SMILES string of the molecule is CC(C)(C)C(CCC(=O)O)CCN1CCCCC1. The summed E-state index contributed by atoms with van der Waals surface area (Å²) in [5.74, 6) is -0.155. The van der Waals surface area contributed by atoms with E-state index in [2.05, 4.69) is 25.7 Å². The fourth-order valence-electron chi connectivity index (χ4n) is 2.83. The lowest BCUT2D eigenvalue weighted by Gasteiger charge is -2.34. The van der Waals surface area contributed by atoms with Crippen LogP contribution in [0.4, 0.5) is 0 Å². The van der Waals surface area contributed by atoms with Crippen LogP contribution in [0.1, 0.15) is 59.3 Å².